The van der Waals surface area contributed by atoms with Crippen molar-refractivity contribution in [3.63, 3.8) is 0 Å². The van der Waals surface area contributed by atoms with Gasteiger partial charge in [-0.1, -0.05) is 15.9 Å². The Morgan fingerprint density at radius 2 is 2.37 bits per heavy atom. The van der Waals surface area contributed by atoms with Gasteiger partial charge in [0, 0.05) is 24.1 Å². The number of benzene rings is 1. The van der Waals surface area contributed by atoms with Crippen molar-refractivity contribution in [3.8, 4) is 5.75 Å². The van der Waals surface area contributed by atoms with E-state index in [-0.39, 0.29) is 11.9 Å². The first kappa shape index (κ1) is 14.3. The number of piperazine rings is 1. The number of rotatable bonds is 3. The number of carbonyl (C=O) groups is 1. The van der Waals surface area contributed by atoms with E-state index >= 15 is 0 Å². The maximum absolute atomic E-state index is 12.3. The molecular formula is C13H18BrN3O2. The highest BCUT2D eigenvalue weighted by Crippen LogP contribution is 2.28. The van der Waals surface area contributed by atoms with Crippen LogP contribution in [0.15, 0.2) is 22.7 Å². The minimum Gasteiger partial charge on any atom is -0.495 e. The fraction of sp³-hybridized carbons (Fsp3) is 0.462. The number of ether oxygens (including phenoxy) is 1. The molecule has 0 saturated carbocycles. The van der Waals surface area contributed by atoms with Gasteiger partial charge in [-0.2, -0.15) is 0 Å². The van der Waals surface area contributed by atoms with Crippen LogP contribution >= 0.6 is 15.9 Å². The summed E-state index contributed by atoms with van der Waals surface area (Å²) in [4.78, 5) is 14.3. The molecule has 1 heterocycles. The largest absolute Gasteiger partial charge is 0.495 e. The molecule has 1 atom stereocenters. The standard InChI is InChI=1S/C13H18BrN3O2/c1-17-6-5-15-8-11(17)13(18)16-10-7-9(14)3-4-12(10)19-2/h3-4,7,11,15H,5-6,8H2,1-2H3,(H,16,18). The van der Waals surface area contributed by atoms with Crippen LogP contribution in [0.5, 0.6) is 5.75 Å². The van der Waals surface area contributed by atoms with Crippen molar-refractivity contribution in [1.29, 1.82) is 0 Å². The van der Waals surface area contributed by atoms with Crippen LogP contribution in [-0.4, -0.2) is 50.6 Å². The molecule has 0 aliphatic carbocycles. The summed E-state index contributed by atoms with van der Waals surface area (Å²) in [6, 6.07) is 5.38. The maximum Gasteiger partial charge on any atom is 0.243 e. The van der Waals surface area contributed by atoms with E-state index in [1.807, 2.05) is 25.2 Å². The predicted molar refractivity (Wildman–Crippen MR) is 78.6 cm³/mol. The lowest BCUT2D eigenvalue weighted by Crippen LogP contribution is -2.54. The van der Waals surface area contributed by atoms with E-state index in [0.717, 1.165) is 17.6 Å². The third-order valence-corrected chi connectivity index (χ3v) is 3.73. The predicted octanol–water partition coefficient (Wildman–Crippen LogP) is 1.30. The van der Waals surface area contributed by atoms with Gasteiger partial charge in [0.2, 0.25) is 5.91 Å². The van der Waals surface area contributed by atoms with Crippen LogP contribution in [0, 0.1) is 0 Å². The summed E-state index contributed by atoms with van der Waals surface area (Å²) >= 11 is 3.39. The summed E-state index contributed by atoms with van der Waals surface area (Å²) in [5.74, 6) is 0.633. The van der Waals surface area contributed by atoms with Crippen molar-refractivity contribution in [2.75, 3.05) is 39.1 Å². The Hall–Kier alpha value is -1.11. The Labute approximate surface area is 121 Å². The maximum atomic E-state index is 12.3. The monoisotopic (exact) mass is 327 g/mol. The molecule has 1 aromatic rings. The third-order valence-electron chi connectivity index (χ3n) is 3.23. The first-order valence-electron chi connectivity index (χ1n) is 6.17. The lowest BCUT2D eigenvalue weighted by molar-refractivity contribution is -0.121. The third kappa shape index (κ3) is 3.46. The Kier molecular flexibility index (Phi) is 4.79. The molecule has 1 aliphatic heterocycles. The van der Waals surface area contributed by atoms with Crippen LogP contribution in [0.1, 0.15) is 0 Å². The lowest BCUT2D eigenvalue weighted by atomic mass is 10.2. The molecule has 19 heavy (non-hydrogen) atoms. The van der Waals surface area contributed by atoms with Gasteiger partial charge in [0.05, 0.1) is 12.8 Å². The minimum absolute atomic E-state index is 0.0221. The first-order valence-corrected chi connectivity index (χ1v) is 6.96. The number of amides is 1. The second kappa shape index (κ2) is 6.36. The van der Waals surface area contributed by atoms with Gasteiger partial charge in [0.25, 0.3) is 0 Å². The number of hydrogen-bond acceptors (Lipinski definition) is 4. The van der Waals surface area contributed by atoms with Gasteiger partial charge in [0.15, 0.2) is 0 Å². The van der Waals surface area contributed by atoms with Crippen LogP contribution in [0.2, 0.25) is 0 Å². The van der Waals surface area contributed by atoms with E-state index in [1.54, 1.807) is 7.11 Å². The van der Waals surface area contributed by atoms with Gasteiger partial charge >= 0.3 is 0 Å². The van der Waals surface area contributed by atoms with Crippen molar-refractivity contribution in [1.82, 2.24) is 10.2 Å². The molecule has 0 radical (unpaired) electrons. The molecule has 1 aromatic carbocycles. The summed E-state index contributed by atoms with van der Waals surface area (Å²) in [5.41, 5.74) is 0.681. The number of carbonyl (C=O) groups excluding carboxylic acids is 1. The number of methoxy groups -OCH3 is 1. The van der Waals surface area contributed by atoms with Crippen molar-refractivity contribution in [3.05, 3.63) is 22.7 Å². The summed E-state index contributed by atoms with van der Waals surface area (Å²) in [6.45, 7) is 2.45. The molecule has 0 aromatic heterocycles. The number of halogens is 1. The fourth-order valence-electron chi connectivity index (χ4n) is 2.09. The lowest BCUT2D eigenvalue weighted by Gasteiger charge is -2.32. The van der Waals surface area contributed by atoms with Gasteiger partial charge in [-0.25, -0.2) is 0 Å². The molecule has 1 aliphatic rings. The molecule has 0 spiro atoms. The Bertz CT molecular complexity index is 467. The number of nitrogens with zero attached hydrogens (tertiary/aromatic N) is 1. The van der Waals surface area contributed by atoms with Crippen molar-refractivity contribution in [2.45, 2.75) is 6.04 Å². The molecule has 1 amide bonds. The van der Waals surface area contributed by atoms with E-state index in [2.05, 4.69) is 31.5 Å². The SMILES string of the molecule is COc1ccc(Br)cc1NC(=O)C1CNCCN1C. The highest BCUT2D eigenvalue weighted by atomic mass is 79.9. The van der Waals surface area contributed by atoms with Gasteiger partial charge < -0.3 is 15.4 Å². The molecule has 6 heteroatoms. The van der Waals surface area contributed by atoms with Gasteiger partial charge in [0.1, 0.15) is 11.8 Å². The molecule has 5 nitrogen and oxygen atoms in total. The van der Waals surface area contributed by atoms with Gasteiger partial charge in [-0.3, -0.25) is 9.69 Å². The molecule has 0 bridgehead atoms. The van der Waals surface area contributed by atoms with Crippen molar-refractivity contribution >= 4 is 27.5 Å². The molecule has 1 unspecified atom stereocenters. The van der Waals surface area contributed by atoms with Crippen molar-refractivity contribution in [2.24, 2.45) is 0 Å². The van der Waals surface area contributed by atoms with E-state index in [4.69, 9.17) is 4.74 Å². The smallest absolute Gasteiger partial charge is 0.243 e. The number of nitrogens with one attached hydrogen (secondary N) is 2. The highest BCUT2D eigenvalue weighted by Gasteiger charge is 2.26. The van der Waals surface area contributed by atoms with E-state index in [1.165, 1.54) is 0 Å². The van der Waals surface area contributed by atoms with E-state index in [0.29, 0.717) is 18.0 Å². The average molecular weight is 328 g/mol. The van der Waals surface area contributed by atoms with Gasteiger partial charge in [-0.15, -0.1) is 0 Å². The second-order valence-electron chi connectivity index (χ2n) is 4.53. The normalized spacial score (nSPS) is 20.1. The molecule has 1 fully saturated rings. The zero-order chi connectivity index (χ0) is 13.8. The second-order valence-corrected chi connectivity index (χ2v) is 5.45. The number of hydrogen-bond donors (Lipinski definition) is 2. The topological polar surface area (TPSA) is 53.6 Å². The molecule has 1 saturated heterocycles. The molecule has 2 N–H and O–H groups in total. The fourth-order valence-corrected chi connectivity index (χ4v) is 2.45. The number of anilines is 1. The van der Waals surface area contributed by atoms with Gasteiger partial charge in [-0.05, 0) is 25.2 Å². The molecule has 2 rings (SSSR count). The highest BCUT2D eigenvalue weighted by molar-refractivity contribution is 9.10. The van der Waals surface area contributed by atoms with Crippen LogP contribution in [-0.2, 0) is 4.79 Å². The van der Waals surface area contributed by atoms with Crippen LogP contribution in [0.4, 0.5) is 5.69 Å². The Balaban J connectivity index is 2.11. The molecular weight excluding hydrogens is 310 g/mol. The first-order chi connectivity index (χ1) is 9.11. The van der Waals surface area contributed by atoms with Crippen LogP contribution in [0.3, 0.4) is 0 Å². The summed E-state index contributed by atoms with van der Waals surface area (Å²) in [5, 5.41) is 6.16. The zero-order valence-electron chi connectivity index (χ0n) is 11.1. The Morgan fingerprint density at radius 3 is 3.05 bits per heavy atom. The summed E-state index contributed by atoms with van der Waals surface area (Å²) in [6.07, 6.45) is 0. The van der Waals surface area contributed by atoms with Crippen LogP contribution < -0.4 is 15.4 Å². The minimum atomic E-state index is -0.155. The zero-order valence-corrected chi connectivity index (χ0v) is 12.7. The summed E-state index contributed by atoms with van der Waals surface area (Å²) in [7, 11) is 3.55. The van der Waals surface area contributed by atoms with E-state index in [9.17, 15) is 4.79 Å². The van der Waals surface area contributed by atoms with E-state index < -0.39 is 0 Å². The summed E-state index contributed by atoms with van der Waals surface area (Å²) < 4.78 is 6.15. The number of likely N-dealkylation sites (N-methyl/N-ethyl adjacent to an activating group) is 1. The van der Waals surface area contributed by atoms with Crippen molar-refractivity contribution < 1.29 is 9.53 Å². The average Bonchev–Trinajstić information content (AvgIpc) is 2.39. The Morgan fingerprint density at radius 1 is 1.58 bits per heavy atom. The quantitative estimate of drug-likeness (QED) is 0.878. The van der Waals surface area contributed by atoms with Crippen LogP contribution in [0.25, 0.3) is 0 Å². The molecule has 104 valence electrons.